The van der Waals surface area contributed by atoms with E-state index in [1.165, 1.54) is 0 Å². The minimum absolute atomic E-state index is 0.114. The number of amides is 1. The molecule has 0 saturated heterocycles. The number of carboxylic acid groups (broad SMARTS) is 1. The molecular formula is C10H11NO3. The minimum atomic E-state index is -1.12. The molecule has 4 nitrogen and oxygen atoms in total. The lowest BCUT2D eigenvalue weighted by atomic mass is 10.0. The molecule has 0 radical (unpaired) electrons. The molecule has 2 N–H and O–H groups in total. The van der Waals surface area contributed by atoms with Crippen molar-refractivity contribution in [2.45, 2.75) is 5.92 Å². The van der Waals surface area contributed by atoms with Crippen LogP contribution >= 0.6 is 0 Å². The molecule has 74 valence electrons. The van der Waals surface area contributed by atoms with Gasteiger partial charge in [0.05, 0.1) is 5.92 Å². The summed E-state index contributed by atoms with van der Waals surface area (Å²) in [5.74, 6) is -0.410. The van der Waals surface area contributed by atoms with Gasteiger partial charge in [0.1, 0.15) is 6.29 Å². The Morgan fingerprint density at radius 3 is 2.57 bits per heavy atom. The van der Waals surface area contributed by atoms with Gasteiger partial charge in [0.25, 0.3) is 0 Å². The lowest BCUT2D eigenvalue weighted by molar-refractivity contribution is -0.108. The molecule has 0 fully saturated rings. The monoisotopic (exact) mass is 193 g/mol. The minimum Gasteiger partial charge on any atom is -0.465 e. The van der Waals surface area contributed by atoms with E-state index in [-0.39, 0.29) is 6.54 Å². The average Bonchev–Trinajstić information content (AvgIpc) is 2.20. The quantitative estimate of drug-likeness (QED) is 0.707. The highest BCUT2D eigenvalue weighted by atomic mass is 16.4. The van der Waals surface area contributed by atoms with Crippen LogP contribution in [0.15, 0.2) is 30.3 Å². The molecule has 0 aliphatic rings. The van der Waals surface area contributed by atoms with Crippen LogP contribution in [0.2, 0.25) is 0 Å². The van der Waals surface area contributed by atoms with Crippen molar-refractivity contribution in [2.24, 2.45) is 0 Å². The fraction of sp³-hybridized carbons (Fsp3) is 0.200. The predicted octanol–water partition coefficient (Wildman–Crippen LogP) is 1.24. The Balaban J connectivity index is 2.63. The molecule has 0 aliphatic heterocycles. The second kappa shape index (κ2) is 5.01. The molecule has 0 aromatic heterocycles. The van der Waals surface area contributed by atoms with Gasteiger partial charge in [0, 0.05) is 6.54 Å². The van der Waals surface area contributed by atoms with Crippen molar-refractivity contribution < 1.29 is 14.7 Å². The second-order valence-corrected chi connectivity index (χ2v) is 2.84. The van der Waals surface area contributed by atoms with Gasteiger partial charge in [-0.3, -0.25) is 0 Å². The van der Waals surface area contributed by atoms with Crippen LogP contribution in [0.4, 0.5) is 4.79 Å². The number of carbonyl (C=O) groups is 2. The van der Waals surface area contributed by atoms with E-state index in [2.05, 4.69) is 5.32 Å². The number of aldehydes is 1. The highest BCUT2D eigenvalue weighted by molar-refractivity contribution is 5.67. The maximum Gasteiger partial charge on any atom is 0.404 e. The van der Waals surface area contributed by atoms with Gasteiger partial charge in [0.15, 0.2) is 0 Å². The molecule has 1 unspecified atom stereocenters. The molecule has 1 amide bonds. The van der Waals surface area contributed by atoms with Gasteiger partial charge in [-0.1, -0.05) is 30.3 Å². The third-order valence-electron chi connectivity index (χ3n) is 1.87. The largest absolute Gasteiger partial charge is 0.465 e. The Kier molecular flexibility index (Phi) is 3.67. The maximum atomic E-state index is 10.7. The van der Waals surface area contributed by atoms with Crippen molar-refractivity contribution in [3.63, 3.8) is 0 Å². The number of nitrogens with one attached hydrogen (secondary N) is 1. The number of hydrogen-bond acceptors (Lipinski definition) is 2. The molecule has 14 heavy (non-hydrogen) atoms. The molecule has 1 rings (SSSR count). The Labute approximate surface area is 81.6 Å². The highest BCUT2D eigenvalue weighted by Crippen LogP contribution is 2.11. The Morgan fingerprint density at radius 2 is 2.07 bits per heavy atom. The highest BCUT2D eigenvalue weighted by Gasteiger charge is 2.10. The van der Waals surface area contributed by atoms with Gasteiger partial charge >= 0.3 is 6.09 Å². The molecular weight excluding hydrogens is 182 g/mol. The molecule has 0 heterocycles. The van der Waals surface area contributed by atoms with Crippen molar-refractivity contribution in [1.82, 2.24) is 5.32 Å². The summed E-state index contributed by atoms with van der Waals surface area (Å²) in [6, 6.07) is 9.06. The molecule has 1 aromatic carbocycles. The summed E-state index contributed by atoms with van der Waals surface area (Å²) in [7, 11) is 0. The first kappa shape index (κ1) is 10.2. The van der Waals surface area contributed by atoms with Crippen LogP contribution in [0.25, 0.3) is 0 Å². The zero-order chi connectivity index (χ0) is 10.4. The fourth-order valence-electron chi connectivity index (χ4n) is 1.14. The van der Waals surface area contributed by atoms with Crippen LogP contribution in [0.1, 0.15) is 11.5 Å². The van der Waals surface area contributed by atoms with Gasteiger partial charge in [-0.25, -0.2) is 4.79 Å². The van der Waals surface area contributed by atoms with Crippen LogP contribution in [0.3, 0.4) is 0 Å². The second-order valence-electron chi connectivity index (χ2n) is 2.84. The van der Waals surface area contributed by atoms with E-state index in [0.29, 0.717) is 0 Å². The predicted molar refractivity (Wildman–Crippen MR) is 51.3 cm³/mol. The summed E-state index contributed by atoms with van der Waals surface area (Å²) >= 11 is 0. The number of benzene rings is 1. The zero-order valence-corrected chi connectivity index (χ0v) is 7.51. The first-order valence-corrected chi connectivity index (χ1v) is 4.21. The van der Waals surface area contributed by atoms with Crippen LogP contribution in [0, 0.1) is 0 Å². The molecule has 0 saturated carbocycles. The fourth-order valence-corrected chi connectivity index (χ4v) is 1.14. The summed E-state index contributed by atoms with van der Waals surface area (Å²) < 4.78 is 0. The van der Waals surface area contributed by atoms with Crippen LogP contribution in [0.5, 0.6) is 0 Å². The molecule has 1 aromatic rings. The standard InChI is InChI=1S/C10H11NO3/c12-7-9(6-11-10(13)14)8-4-2-1-3-5-8/h1-5,7,9,11H,6H2,(H,13,14). The zero-order valence-electron chi connectivity index (χ0n) is 7.51. The molecule has 0 spiro atoms. The topological polar surface area (TPSA) is 66.4 Å². The van der Waals surface area contributed by atoms with Crippen molar-refractivity contribution in [3.05, 3.63) is 35.9 Å². The van der Waals surface area contributed by atoms with E-state index in [0.717, 1.165) is 11.8 Å². The van der Waals surface area contributed by atoms with Crippen molar-refractivity contribution in [2.75, 3.05) is 6.54 Å². The van der Waals surface area contributed by atoms with Crippen LogP contribution < -0.4 is 5.32 Å². The molecule has 4 heteroatoms. The number of hydrogen-bond donors (Lipinski definition) is 2. The maximum absolute atomic E-state index is 10.7. The first-order chi connectivity index (χ1) is 6.74. The van der Waals surface area contributed by atoms with E-state index >= 15 is 0 Å². The lowest BCUT2D eigenvalue weighted by Crippen LogP contribution is -2.27. The molecule has 1 atom stereocenters. The number of carbonyl (C=O) groups excluding carboxylic acids is 1. The van der Waals surface area contributed by atoms with Crippen molar-refractivity contribution >= 4 is 12.4 Å². The van der Waals surface area contributed by atoms with Crippen LogP contribution in [-0.2, 0) is 4.79 Å². The summed E-state index contributed by atoms with van der Waals surface area (Å²) in [5, 5.41) is 10.6. The Bertz CT molecular complexity index is 310. The van der Waals surface area contributed by atoms with E-state index in [9.17, 15) is 9.59 Å². The molecule has 0 bridgehead atoms. The first-order valence-electron chi connectivity index (χ1n) is 4.21. The van der Waals surface area contributed by atoms with Gasteiger partial charge in [-0.05, 0) is 5.56 Å². The van der Waals surface area contributed by atoms with E-state index in [1.54, 1.807) is 12.1 Å². The average molecular weight is 193 g/mol. The van der Waals surface area contributed by atoms with Crippen LogP contribution in [-0.4, -0.2) is 24.0 Å². The summed E-state index contributed by atoms with van der Waals surface area (Å²) in [6.07, 6.45) is -0.376. The van der Waals surface area contributed by atoms with Gasteiger partial charge in [0.2, 0.25) is 0 Å². The van der Waals surface area contributed by atoms with Crippen molar-refractivity contribution in [1.29, 1.82) is 0 Å². The van der Waals surface area contributed by atoms with E-state index < -0.39 is 12.0 Å². The third kappa shape index (κ3) is 2.90. The SMILES string of the molecule is O=CC(CNC(=O)O)c1ccccc1. The lowest BCUT2D eigenvalue weighted by Gasteiger charge is -2.09. The van der Waals surface area contributed by atoms with E-state index in [1.807, 2.05) is 18.2 Å². The number of rotatable bonds is 4. The normalized spacial score (nSPS) is 11.7. The van der Waals surface area contributed by atoms with Gasteiger partial charge in [-0.15, -0.1) is 0 Å². The van der Waals surface area contributed by atoms with E-state index in [4.69, 9.17) is 5.11 Å². The summed E-state index contributed by atoms with van der Waals surface area (Å²) in [6.45, 7) is 0.114. The summed E-state index contributed by atoms with van der Waals surface area (Å²) in [4.78, 5) is 20.9. The smallest absolute Gasteiger partial charge is 0.404 e. The molecule has 0 aliphatic carbocycles. The Morgan fingerprint density at radius 1 is 1.43 bits per heavy atom. The van der Waals surface area contributed by atoms with Gasteiger partial charge in [-0.2, -0.15) is 0 Å². The van der Waals surface area contributed by atoms with Crippen molar-refractivity contribution in [3.8, 4) is 0 Å². The van der Waals surface area contributed by atoms with Gasteiger partial charge < -0.3 is 15.2 Å². The Hall–Kier alpha value is -1.84. The summed E-state index contributed by atoms with van der Waals surface area (Å²) in [5.41, 5.74) is 0.816. The third-order valence-corrected chi connectivity index (χ3v) is 1.87.